The van der Waals surface area contributed by atoms with Gasteiger partial charge in [-0.2, -0.15) is 5.10 Å². The summed E-state index contributed by atoms with van der Waals surface area (Å²) in [7, 11) is -2.41. The van der Waals surface area contributed by atoms with E-state index in [9.17, 15) is 14.3 Å². The Balaban J connectivity index is 0.850. The van der Waals surface area contributed by atoms with Crippen LogP contribution in [0.3, 0.4) is 0 Å². The maximum absolute atomic E-state index is 15.1. The summed E-state index contributed by atoms with van der Waals surface area (Å²) in [5, 5.41) is 14.1. The third-order valence-electron chi connectivity index (χ3n) is 13.6. The molecule has 3 saturated heterocycles. The van der Waals surface area contributed by atoms with Crippen molar-refractivity contribution >= 4 is 38.5 Å². The lowest BCUT2D eigenvalue weighted by Crippen LogP contribution is -2.46. The van der Waals surface area contributed by atoms with Gasteiger partial charge in [0, 0.05) is 71.6 Å². The predicted molar refractivity (Wildman–Crippen MR) is 275 cm³/mol. The number of ether oxygens (including phenoxy) is 4. The molecule has 4 atom stereocenters. The summed E-state index contributed by atoms with van der Waals surface area (Å²) >= 11 is 0. The molecule has 380 valence electrons. The fraction of sp³-hybridized carbons (Fsp3) is 0.382. The Morgan fingerprint density at radius 2 is 1.54 bits per heavy atom. The third kappa shape index (κ3) is 11.2. The van der Waals surface area contributed by atoms with Crippen molar-refractivity contribution < 1.29 is 42.4 Å². The molecule has 0 spiro atoms. The zero-order chi connectivity index (χ0) is 50.2. The minimum absolute atomic E-state index is 0.00644. The van der Waals surface area contributed by atoms with Crippen LogP contribution < -0.4 is 24.0 Å². The van der Waals surface area contributed by atoms with Crippen molar-refractivity contribution in [2.24, 2.45) is 0 Å². The Morgan fingerprint density at radius 1 is 0.861 bits per heavy atom. The number of aromatic carboxylic acids is 1. The second kappa shape index (κ2) is 22.4. The first-order valence-electron chi connectivity index (χ1n) is 24.8. The van der Waals surface area contributed by atoms with Crippen molar-refractivity contribution in [1.82, 2.24) is 19.7 Å². The SMILES string of the molecule is CCCCCCCOc1ccc(NS2(c3ccc(N4CCN(c5ccc(OC[C@H]6OC[C@](Cn7cncn7)(c7ccc(F)cc7F)O6)cc5)CC4)cc3)CC(c3cccc(C(=O)O)c3)N(C(C)C)C2=O)cc1. The summed E-state index contributed by atoms with van der Waals surface area (Å²) in [6.45, 7) is 10.2. The number of carboxylic acids is 1. The van der Waals surface area contributed by atoms with E-state index in [2.05, 4.69) is 55.8 Å². The number of aromatic nitrogens is 3. The van der Waals surface area contributed by atoms with E-state index in [4.69, 9.17) is 18.9 Å². The molecule has 0 saturated carbocycles. The zero-order valence-corrected chi connectivity index (χ0v) is 41.8. The van der Waals surface area contributed by atoms with E-state index >= 15 is 9.18 Å². The second-order valence-corrected chi connectivity index (χ2v) is 21.7. The number of benzene rings is 5. The molecular weight excluding hydrogens is 941 g/mol. The molecule has 5 aromatic carbocycles. The molecule has 0 radical (unpaired) electrons. The molecule has 2 unspecified atom stereocenters. The van der Waals surface area contributed by atoms with Gasteiger partial charge in [0.1, 0.15) is 48.0 Å². The number of amides is 1. The number of rotatable bonds is 21. The highest BCUT2D eigenvalue weighted by atomic mass is 32.3. The van der Waals surface area contributed by atoms with Crippen LogP contribution in [-0.4, -0.2) is 100 Å². The van der Waals surface area contributed by atoms with Crippen LogP contribution in [0, 0.1) is 11.6 Å². The number of hydrogen-bond acceptors (Lipinski definition) is 11. The minimum atomic E-state index is -2.41. The van der Waals surface area contributed by atoms with Gasteiger partial charge in [0.15, 0.2) is 6.29 Å². The number of halogens is 2. The molecule has 0 aliphatic carbocycles. The van der Waals surface area contributed by atoms with Crippen LogP contribution in [-0.2, 0) is 21.6 Å². The first-order valence-corrected chi connectivity index (χ1v) is 26.6. The minimum Gasteiger partial charge on any atom is -0.494 e. The van der Waals surface area contributed by atoms with Crippen LogP contribution >= 0.6 is 10.2 Å². The van der Waals surface area contributed by atoms with Crippen LogP contribution in [0.5, 0.6) is 11.5 Å². The van der Waals surface area contributed by atoms with Gasteiger partial charge in [0.25, 0.3) is 5.24 Å². The van der Waals surface area contributed by atoms with Gasteiger partial charge in [-0.15, -0.1) is 0 Å². The van der Waals surface area contributed by atoms with Gasteiger partial charge in [-0.05, 0) is 117 Å². The summed E-state index contributed by atoms with van der Waals surface area (Å²) in [5.74, 6) is -0.553. The average molecular weight is 1000 g/mol. The number of nitrogens with zero attached hydrogens (tertiary/aromatic N) is 6. The van der Waals surface area contributed by atoms with Gasteiger partial charge in [-0.1, -0.05) is 61.0 Å². The van der Waals surface area contributed by atoms with Gasteiger partial charge >= 0.3 is 5.97 Å². The molecule has 4 heterocycles. The molecule has 9 rings (SSSR count). The summed E-state index contributed by atoms with van der Waals surface area (Å²) in [5.41, 5.74) is 2.82. The largest absolute Gasteiger partial charge is 0.494 e. The van der Waals surface area contributed by atoms with Crippen molar-refractivity contribution in [1.29, 1.82) is 0 Å². The molecule has 3 aliphatic heterocycles. The first-order chi connectivity index (χ1) is 34.9. The maximum Gasteiger partial charge on any atom is 0.335 e. The lowest BCUT2D eigenvalue weighted by molar-refractivity contribution is -0.117. The highest BCUT2D eigenvalue weighted by molar-refractivity contribution is 8.46. The number of hydrogen-bond donors (Lipinski definition) is 2. The van der Waals surface area contributed by atoms with Gasteiger partial charge < -0.3 is 43.5 Å². The molecule has 3 fully saturated rings. The molecular formula is C55H63F2N7O7S. The average Bonchev–Trinajstić information content (AvgIpc) is 4.14. The van der Waals surface area contributed by atoms with E-state index in [1.54, 1.807) is 18.2 Å². The zero-order valence-electron chi connectivity index (χ0n) is 41.0. The van der Waals surface area contributed by atoms with Gasteiger partial charge in [-0.25, -0.2) is 23.2 Å². The molecule has 17 heteroatoms. The normalized spacial score (nSPS) is 22.0. The Hall–Kier alpha value is -6.69. The number of carbonyl (C=O) groups is 2. The van der Waals surface area contributed by atoms with Crippen LogP contribution in [0.2, 0.25) is 0 Å². The number of carbonyl (C=O) groups excluding carboxylic acids is 1. The Morgan fingerprint density at radius 3 is 2.19 bits per heavy atom. The number of nitrogens with one attached hydrogen (secondary N) is 1. The summed E-state index contributed by atoms with van der Waals surface area (Å²) in [4.78, 5) is 38.7. The van der Waals surface area contributed by atoms with Gasteiger partial charge in [0.2, 0.25) is 0 Å². The van der Waals surface area contributed by atoms with E-state index < -0.39 is 39.7 Å². The van der Waals surface area contributed by atoms with Crippen LogP contribution in [0.15, 0.2) is 133 Å². The van der Waals surface area contributed by atoms with E-state index in [1.165, 1.54) is 48.7 Å². The lowest BCUT2D eigenvalue weighted by atomic mass is 9.94. The Bertz CT molecular complexity index is 2760. The molecule has 14 nitrogen and oxygen atoms in total. The van der Waals surface area contributed by atoms with E-state index in [0.717, 1.165) is 78.4 Å². The first kappa shape index (κ1) is 50.3. The van der Waals surface area contributed by atoms with E-state index in [1.807, 2.05) is 73.3 Å². The topological polar surface area (TPSA) is 144 Å². The van der Waals surface area contributed by atoms with Crippen LogP contribution in [0.1, 0.15) is 80.4 Å². The quantitative estimate of drug-likeness (QED) is 0.0662. The van der Waals surface area contributed by atoms with Crippen molar-refractivity contribution in [3.8, 4) is 11.5 Å². The molecule has 6 aromatic rings. The fourth-order valence-corrected chi connectivity index (χ4v) is 13.4. The maximum atomic E-state index is 15.1. The number of piperazine rings is 1. The summed E-state index contributed by atoms with van der Waals surface area (Å²) in [6.07, 6.45) is 7.86. The fourth-order valence-electron chi connectivity index (χ4n) is 9.86. The van der Waals surface area contributed by atoms with E-state index in [0.29, 0.717) is 18.1 Å². The Kier molecular flexibility index (Phi) is 15.6. The molecule has 0 bridgehead atoms. The third-order valence-corrected chi connectivity index (χ3v) is 16.9. The standard InChI is InChI=1S/C55H63F2N7O7S/c1-4-5-6-7-8-30-68-46-19-13-43(14-20-46)60-72(34-51(64(39(2)3)54(72)67)40-10-9-11-41(31-40)53(65)66)48-23-17-45(18-24-48)62-28-26-61(27-29-62)44-15-21-47(22-16-44)69-33-52-70-36-55(71-52,35-63-38-58-37-59-63)49-25-12-42(56)32-50(49)57/h9-25,31-32,37-39,51-52,60H,4-8,26-30,33-36H2,1-3H3,(H,65,66)/t51?,52-,55+/m0/s1. The van der Waals surface area contributed by atoms with Crippen LogP contribution in [0.25, 0.3) is 0 Å². The van der Waals surface area contributed by atoms with Crippen LogP contribution in [0.4, 0.5) is 30.6 Å². The molecule has 2 N–H and O–H groups in total. The summed E-state index contributed by atoms with van der Waals surface area (Å²) < 4.78 is 58.7. The van der Waals surface area contributed by atoms with Gasteiger partial charge in [0.05, 0.1) is 31.4 Å². The number of anilines is 3. The van der Waals surface area contributed by atoms with Crippen molar-refractivity contribution in [3.05, 3.63) is 156 Å². The molecule has 3 aliphatic rings. The van der Waals surface area contributed by atoms with Crippen molar-refractivity contribution in [2.45, 2.75) is 88.3 Å². The number of unbranched alkanes of at least 4 members (excludes halogenated alkanes) is 4. The number of carboxylic acid groups (broad SMARTS) is 1. The lowest BCUT2D eigenvalue weighted by Gasteiger charge is -2.38. The smallest absolute Gasteiger partial charge is 0.335 e. The second-order valence-electron chi connectivity index (χ2n) is 18.9. The van der Waals surface area contributed by atoms with Crippen molar-refractivity contribution in [3.63, 3.8) is 0 Å². The van der Waals surface area contributed by atoms with E-state index in [-0.39, 0.29) is 48.2 Å². The molecule has 1 aromatic heterocycles. The van der Waals surface area contributed by atoms with Gasteiger partial charge in [-0.3, -0.25) is 4.79 Å². The highest BCUT2D eigenvalue weighted by Crippen LogP contribution is 2.65. The highest BCUT2D eigenvalue weighted by Gasteiger charge is 2.51. The summed E-state index contributed by atoms with van der Waals surface area (Å²) in [6, 6.07) is 34.0. The predicted octanol–water partition coefficient (Wildman–Crippen LogP) is 11.1. The Labute approximate surface area is 421 Å². The van der Waals surface area contributed by atoms with Crippen molar-refractivity contribution in [2.75, 3.05) is 66.3 Å². The molecule has 1 amide bonds. The monoisotopic (exact) mass is 1000 g/mol. The molecule has 72 heavy (non-hydrogen) atoms.